The largest absolute Gasteiger partial charge is 0.269 e. The summed E-state index contributed by atoms with van der Waals surface area (Å²) in [5.41, 5.74) is 2.49. The monoisotopic (exact) mass is 331 g/mol. The fourth-order valence-electron chi connectivity index (χ4n) is 2.17. The van der Waals surface area contributed by atoms with E-state index in [1.807, 2.05) is 23.9 Å². The Morgan fingerprint density at radius 1 is 0.947 bits per heavy atom. The van der Waals surface area contributed by atoms with E-state index in [-0.39, 0.29) is 6.04 Å². The Hall–Kier alpha value is -1.06. The molecule has 0 aromatic heterocycles. The average molecular weight is 332 g/mol. The number of hydrogen-bond acceptors (Lipinski definition) is 2. The molecule has 0 aliphatic carbocycles. The van der Waals surface area contributed by atoms with Crippen LogP contribution in [-0.4, -0.2) is 15.6 Å². The van der Waals surface area contributed by atoms with Gasteiger partial charge < -0.3 is 0 Å². The van der Waals surface area contributed by atoms with Gasteiger partial charge in [-0.1, -0.05) is 76.6 Å². The Balaban J connectivity index is 1.96. The van der Waals surface area contributed by atoms with E-state index in [9.17, 15) is 0 Å². The van der Waals surface area contributed by atoms with Crippen molar-refractivity contribution >= 4 is 32.7 Å². The third-order valence-corrected chi connectivity index (χ3v) is 5.53. The third kappa shape index (κ3) is 2.93. The number of rotatable bonds is 2. The fraction of sp³-hybridized carbons (Fsp3) is 0.188. The minimum atomic E-state index is 0.206. The lowest BCUT2D eigenvalue weighted by Crippen LogP contribution is -2.20. The molecule has 0 bridgehead atoms. The van der Waals surface area contributed by atoms with Gasteiger partial charge in [-0.15, -0.1) is 11.8 Å². The van der Waals surface area contributed by atoms with Crippen molar-refractivity contribution < 1.29 is 0 Å². The molecular weight excluding hydrogens is 318 g/mol. The predicted octanol–water partition coefficient (Wildman–Crippen LogP) is 4.68. The Labute approximate surface area is 126 Å². The molecule has 0 amide bonds. The standard InChI is InChI=1S/C16H14BrNS/c17-14-11-19-16(13-9-5-2-6-10-13)18-15(14)12-7-3-1-4-8-12/h1-10,14-15H,11H2/t14-,15+/m1/s1. The second kappa shape index (κ2) is 5.93. The van der Waals surface area contributed by atoms with Gasteiger partial charge in [-0.3, -0.25) is 4.99 Å². The second-order valence-electron chi connectivity index (χ2n) is 4.48. The SMILES string of the molecule is Br[C@@H]1CSC(c2ccccc2)=N[C@H]1c1ccccc1. The lowest BCUT2D eigenvalue weighted by atomic mass is 10.0. The molecule has 0 fully saturated rings. The number of thioether (sulfide) groups is 1. The van der Waals surface area contributed by atoms with Crippen LogP contribution in [0, 0.1) is 0 Å². The quantitative estimate of drug-likeness (QED) is 0.727. The molecule has 96 valence electrons. The van der Waals surface area contributed by atoms with Crippen LogP contribution < -0.4 is 0 Å². The number of alkyl halides is 1. The predicted molar refractivity (Wildman–Crippen MR) is 87.3 cm³/mol. The minimum Gasteiger partial charge on any atom is -0.269 e. The smallest absolute Gasteiger partial charge is 0.0985 e. The molecule has 2 aromatic carbocycles. The van der Waals surface area contributed by atoms with E-state index in [2.05, 4.69) is 64.5 Å². The molecule has 1 aliphatic rings. The topological polar surface area (TPSA) is 12.4 Å². The number of aliphatic imine (C=N–C) groups is 1. The van der Waals surface area contributed by atoms with E-state index in [4.69, 9.17) is 4.99 Å². The molecule has 0 unspecified atom stereocenters. The molecule has 19 heavy (non-hydrogen) atoms. The van der Waals surface area contributed by atoms with E-state index < -0.39 is 0 Å². The summed E-state index contributed by atoms with van der Waals surface area (Å²) in [6.45, 7) is 0. The number of nitrogens with zero attached hydrogens (tertiary/aromatic N) is 1. The summed E-state index contributed by atoms with van der Waals surface area (Å²) in [7, 11) is 0. The number of benzene rings is 2. The van der Waals surface area contributed by atoms with Crippen LogP contribution in [0.15, 0.2) is 65.7 Å². The Morgan fingerprint density at radius 3 is 2.26 bits per heavy atom. The maximum Gasteiger partial charge on any atom is 0.0985 e. The fourth-order valence-corrected chi connectivity index (χ4v) is 3.98. The Morgan fingerprint density at radius 2 is 1.58 bits per heavy atom. The van der Waals surface area contributed by atoms with Crippen LogP contribution in [0.2, 0.25) is 0 Å². The third-order valence-electron chi connectivity index (χ3n) is 3.14. The average Bonchev–Trinajstić information content (AvgIpc) is 2.49. The van der Waals surface area contributed by atoms with Gasteiger partial charge in [0.15, 0.2) is 0 Å². The van der Waals surface area contributed by atoms with Crippen molar-refractivity contribution in [2.75, 3.05) is 5.75 Å². The Kier molecular flexibility index (Phi) is 4.04. The van der Waals surface area contributed by atoms with Crippen LogP contribution in [0.1, 0.15) is 17.2 Å². The summed E-state index contributed by atoms with van der Waals surface area (Å²) in [6, 6.07) is 21.1. The maximum atomic E-state index is 4.94. The summed E-state index contributed by atoms with van der Waals surface area (Å²) in [5, 5.41) is 1.14. The summed E-state index contributed by atoms with van der Waals surface area (Å²) < 4.78 is 0. The molecule has 0 N–H and O–H groups in total. The van der Waals surface area contributed by atoms with Crippen molar-refractivity contribution in [1.29, 1.82) is 0 Å². The van der Waals surface area contributed by atoms with Crippen molar-refractivity contribution in [2.45, 2.75) is 10.9 Å². The number of hydrogen-bond donors (Lipinski definition) is 0. The summed E-state index contributed by atoms with van der Waals surface area (Å²) in [6.07, 6.45) is 0. The zero-order valence-corrected chi connectivity index (χ0v) is 12.8. The second-order valence-corrected chi connectivity index (χ2v) is 6.67. The molecule has 0 saturated carbocycles. The van der Waals surface area contributed by atoms with E-state index in [0.717, 1.165) is 10.8 Å². The van der Waals surface area contributed by atoms with Crippen LogP contribution in [-0.2, 0) is 0 Å². The van der Waals surface area contributed by atoms with E-state index in [0.29, 0.717) is 4.83 Å². The molecule has 2 aromatic rings. The zero-order chi connectivity index (χ0) is 13.1. The van der Waals surface area contributed by atoms with Gasteiger partial charge in [0.1, 0.15) is 0 Å². The summed E-state index contributed by atoms with van der Waals surface area (Å²) in [4.78, 5) is 5.33. The molecule has 3 heteroatoms. The normalized spacial score (nSPS) is 22.9. The first-order valence-corrected chi connectivity index (χ1v) is 8.20. The lowest BCUT2D eigenvalue weighted by molar-refractivity contribution is 0.731. The first-order valence-electron chi connectivity index (χ1n) is 6.29. The highest BCUT2D eigenvalue weighted by atomic mass is 79.9. The van der Waals surface area contributed by atoms with Crippen LogP contribution in [0.25, 0.3) is 0 Å². The maximum absolute atomic E-state index is 4.94. The van der Waals surface area contributed by atoms with Gasteiger partial charge in [0.05, 0.1) is 15.9 Å². The first-order chi connectivity index (χ1) is 9.34. The van der Waals surface area contributed by atoms with Gasteiger partial charge >= 0.3 is 0 Å². The molecule has 1 aliphatic heterocycles. The molecule has 0 radical (unpaired) electrons. The van der Waals surface area contributed by atoms with Gasteiger partial charge in [-0.25, -0.2) is 0 Å². The van der Waals surface area contributed by atoms with Crippen molar-refractivity contribution in [3.8, 4) is 0 Å². The van der Waals surface area contributed by atoms with Gasteiger partial charge in [0, 0.05) is 11.3 Å². The molecule has 0 spiro atoms. The van der Waals surface area contributed by atoms with E-state index in [1.165, 1.54) is 11.1 Å². The van der Waals surface area contributed by atoms with Gasteiger partial charge in [0.2, 0.25) is 0 Å². The molecule has 1 heterocycles. The van der Waals surface area contributed by atoms with Crippen LogP contribution in [0.4, 0.5) is 0 Å². The molecule has 2 atom stereocenters. The van der Waals surface area contributed by atoms with Crippen molar-refractivity contribution in [3.05, 3.63) is 71.8 Å². The van der Waals surface area contributed by atoms with Crippen molar-refractivity contribution in [1.82, 2.24) is 0 Å². The molecule has 1 nitrogen and oxygen atoms in total. The van der Waals surface area contributed by atoms with Crippen LogP contribution in [0.5, 0.6) is 0 Å². The lowest BCUT2D eigenvalue weighted by Gasteiger charge is -2.25. The zero-order valence-electron chi connectivity index (χ0n) is 10.4. The molecule has 0 saturated heterocycles. The van der Waals surface area contributed by atoms with Crippen LogP contribution in [0.3, 0.4) is 0 Å². The highest BCUT2D eigenvalue weighted by Gasteiger charge is 2.26. The molecular formula is C16H14BrNS. The Bertz CT molecular complexity index is 568. The van der Waals surface area contributed by atoms with Crippen LogP contribution >= 0.6 is 27.7 Å². The van der Waals surface area contributed by atoms with Crippen molar-refractivity contribution in [3.63, 3.8) is 0 Å². The minimum absolute atomic E-state index is 0.206. The van der Waals surface area contributed by atoms with E-state index >= 15 is 0 Å². The highest BCUT2D eigenvalue weighted by Crippen LogP contribution is 2.35. The first kappa shape index (κ1) is 12.9. The van der Waals surface area contributed by atoms with E-state index in [1.54, 1.807) is 0 Å². The summed E-state index contributed by atoms with van der Waals surface area (Å²) >= 11 is 5.59. The van der Waals surface area contributed by atoms with Gasteiger partial charge in [-0.05, 0) is 5.56 Å². The van der Waals surface area contributed by atoms with Gasteiger partial charge in [-0.2, -0.15) is 0 Å². The summed E-state index contributed by atoms with van der Waals surface area (Å²) in [5.74, 6) is 1.05. The van der Waals surface area contributed by atoms with Crippen molar-refractivity contribution in [2.24, 2.45) is 4.99 Å². The number of halogens is 1. The highest BCUT2D eigenvalue weighted by molar-refractivity contribution is 9.09. The van der Waals surface area contributed by atoms with Gasteiger partial charge in [0.25, 0.3) is 0 Å². The molecule has 3 rings (SSSR count).